The molecular weight excluding hydrogens is 283 g/mol. The van der Waals surface area contributed by atoms with Gasteiger partial charge >= 0.3 is 6.18 Å². The van der Waals surface area contributed by atoms with Crippen molar-refractivity contribution in [2.75, 3.05) is 6.61 Å². The van der Waals surface area contributed by atoms with Crippen molar-refractivity contribution >= 4 is 5.69 Å². The van der Waals surface area contributed by atoms with Crippen LogP contribution in [0.25, 0.3) is 0 Å². The molecule has 1 aromatic rings. The smallest absolute Gasteiger partial charge is 0.417 e. The number of ether oxygens (including phenoxy) is 1. The summed E-state index contributed by atoms with van der Waals surface area (Å²) in [5.41, 5.74) is -0.363. The molecule has 1 rings (SSSR count). The third kappa shape index (κ3) is 4.07. The number of aliphatic hydroxyl groups is 2. The van der Waals surface area contributed by atoms with Gasteiger partial charge in [0.05, 0.1) is 11.0 Å². The molecule has 2 unspecified atom stereocenters. The molecule has 6 nitrogen and oxygen atoms in total. The van der Waals surface area contributed by atoms with Gasteiger partial charge in [-0.3, -0.25) is 10.1 Å². The SMILES string of the molecule is CC(O)c1cc([N+](=O)[O-])ccc1OCC(O)C(F)(F)F. The van der Waals surface area contributed by atoms with Gasteiger partial charge in [0, 0.05) is 17.7 Å². The fraction of sp³-hybridized carbons (Fsp3) is 0.455. The van der Waals surface area contributed by atoms with Gasteiger partial charge in [-0.2, -0.15) is 13.2 Å². The van der Waals surface area contributed by atoms with Gasteiger partial charge in [0.15, 0.2) is 6.10 Å². The maximum atomic E-state index is 12.1. The summed E-state index contributed by atoms with van der Waals surface area (Å²) < 4.78 is 41.1. The molecule has 0 saturated carbocycles. The Labute approximate surface area is 111 Å². The van der Waals surface area contributed by atoms with Gasteiger partial charge in [-0.1, -0.05) is 0 Å². The first-order valence-corrected chi connectivity index (χ1v) is 5.47. The van der Waals surface area contributed by atoms with Crippen molar-refractivity contribution in [2.45, 2.75) is 25.3 Å². The Morgan fingerprint density at radius 2 is 2.00 bits per heavy atom. The van der Waals surface area contributed by atoms with Crippen LogP contribution in [0, 0.1) is 10.1 Å². The van der Waals surface area contributed by atoms with E-state index < -0.39 is 29.9 Å². The number of non-ortho nitro benzene ring substituents is 1. The van der Waals surface area contributed by atoms with Crippen molar-refractivity contribution in [3.05, 3.63) is 33.9 Å². The van der Waals surface area contributed by atoms with Gasteiger partial charge in [-0.15, -0.1) is 0 Å². The second kappa shape index (κ2) is 6.06. The Morgan fingerprint density at radius 1 is 1.40 bits per heavy atom. The molecule has 2 atom stereocenters. The van der Waals surface area contributed by atoms with Crippen LogP contribution in [0.15, 0.2) is 18.2 Å². The van der Waals surface area contributed by atoms with Crippen LogP contribution in [-0.4, -0.2) is 34.0 Å². The van der Waals surface area contributed by atoms with Crippen LogP contribution in [0.1, 0.15) is 18.6 Å². The molecule has 0 aliphatic rings. The maximum absolute atomic E-state index is 12.1. The fourth-order valence-electron chi connectivity index (χ4n) is 1.37. The minimum atomic E-state index is -4.83. The van der Waals surface area contributed by atoms with Gasteiger partial charge in [0.25, 0.3) is 5.69 Å². The van der Waals surface area contributed by atoms with Crippen molar-refractivity contribution in [1.29, 1.82) is 0 Å². The predicted octanol–water partition coefficient (Wildman–Crippen LogP) is 1.95. The minimum absolute atomic E-state index is 0.0337. The molecule has 0 saturated heterocycles. The number of nitrogens with zero attached hydrogens (tertiary/aromatic N) is 1. The van der Waals surface area contributed by atoms with Crippen molar-refractivity contribution < 1.29 is 33.0 Å². The molecule has 0 spiro atoms. The number of benzene rings is 1. The second-order valence-corrected chi connectivity index (χ2v) is 4.02. The van der Waals surface area contributed by atoms with E-state index in [0.29, 0.717) is 0 Å². The summed E-state index contributed by atoms with van der Waals surface area (Å²) in [6.45, 7) is 0.215. The highest BCUT2D eigenvalue weighted by atomic mass is 19.4. The lowest BCUT2D eigenvalue weighted by molar-refractivity contribution is -0.385. The standard InChI is InChI=1S/C11H12F3NO5/c1-6(16)8-4-7(15(18)19)2-3-9(8)20-5-10(17)11(12,13)14/h2-4,6,10,16-17H,5H2,1H3. The van der Waals surface area contributed by atoms with Crippen LogP contribution in [0.4, 0.5) is 18.9 Å². The third-order valence-corrected chi connectivity index (χ3v) is 2.43. The van der Waals surface area contributed by atoms with Gasteiger partial charge in [0.1, 0.15) is 12.4 Å². The van der Waals surface area contributed by atoms with Gasteiger partial charge in [-0.05, 0) is 13.0 Å². The minimum Gasteiger partial charge on any atom is -0.490 e. The van der Waals surface area contributed by atoms with Crippen LogP contribution in [-0.2, 0) is 0 Å². The highest BCUT2D eigenvalue weighted by molar-refractivity contribution is 5.44. The van der Waals surface area contributed by atoms with E-state index in [1.807, 2.05) is 0 Å². The normalized spacial score (nSPS) is 14.7. The molecule has 0 aliphatic heterocycles. The molecule has 0 bridgehead atoms. The Morgan fingerprint density at radius 3 is 2.45 bits per heavy atom. The molecule has 0 aromatic heterocycles. The summed E-state index contributed by atoms with van der Waals surface area (Å²) in [6, 6.07) is 3.10. The van der Waals surface area contributed by atoms with Crippen LogP contribution in [0.5, 0.6) is 5.75 Å². The second-order valence-electron chi connectivity index (χ2n) is 4.02. The third-order valence-electron chi connectivity index (χ3n) is 2.43. The molecular formula is C11H12F3NO5. The summed E-state index contributed by atoms with van der Waals surface area (Å²) in [4.78, 5) is 9.87. The number of nitro groups is 1. The zero-order valence-electron chi connectivity index (χ0n) is 10.3. The number of nitro benzene ring substituents is 1. The van der Waals surface area contributed by atoms with Crippen molar-refractivity contribution in [1.82, 2.24) is 0 Å². The van der Waals surface area contributed by atoms with E-state index in [-0.39, 0.29) is 17.0 Å². The highest BCUT2D eigenvalue weighted by Crippen LogP contribution is 2.30. The van der Waals surface area contributed by atoms with E-state index in [1.165, 1.54) is 6.92 Å². The monoisotopic (exact) mass is 295 g/mol. The maximum Gasteiger partial charge on any atom is 0.417 e. The molecule has 9 heteroatoms. The summed E-state index contributed by atoms with van der Waals surface area (Å²) in [5.74, 6) is -0.158. The van der Waals surface area contributed by atoms with Crippen LogP contribution < -0.4 is 4.74 Å². The van der Waals surface area contributed by atoms with E-state index in [4.69, 9.17) is 9.84 Å². The molecule has 0 aliphatic carbocycles. The fourth-order valence-corrected chi connectivity index (χ4v) is 1.37. The van der Waals surface area contributed by atoms with Gasteiger partial charge in [0.2, 0.25) is 0 Å². The van der Waals surface area contributed by atoms with E-state index in [9.17, 15) is 28.4 Å². The van der Waals surface area contributed by atoms with Crippen LogP contribution in [0.3, 0.4) is 0 Å². The van der Waals surface area contributed by atoms with Crippen LogP contribution >= 0.6 is 0 Å². The van der Waals surface area contributed by atoms with Crippen molar-refractivity contribution in [2.24, 2.45) is 0 Å². The summed E-state index contributed by atoms with van der Waals surface area (Å²) >= 11 is 0. The number of hydrogen-bond donors (Lipinski definition) is 2. The molecule has 0 amide bonds. The van der Waals surface area contributed by atoms with Crippen LogP contribution in [0.2, 0.25) is 0 Å². The highest BCUT2D eigenvalue weighted by Gasteiger charge is 2.38. The number of alkyl halides is 3. The average Bonchev–Trinajstić information content (AvgIpc) is 2.34. The first-order chi connectivity index (χ1) is 9.12. The Balaban J connectivity index is 2.92. The van der Waals surface area contributed by atoms with E-state index in [2.05, 4.69) is 0 Å². The lowest BCUT2D eigenvalue weighted by Crippen LogP contribution is -2.34. The summed E-state index contributed by atoms with van der Waals surface area (Å²) in [5, 5.41) is 28.8. The molecule has 2 N–H and O–H groups in total. The van der Waals surface area contributed by atoms with Gasteiger partial charge < -0.3 is 14.9 Å². The molecule has 0 heterocycles. The summed E-state index contributed by atoms with van der Waals surface area (Å²) in [6.07, 6.45) is -8.68. The lowest BCUT2D eigenvalue weighted by Gasteiger charge is -2.17. The zero-order chi connectivity index (χ0) is 15.5. The van der Waals surface area contributed by atoms with Gasteiger partial charge in [-0.25, -0.2) is 0 Å². The molecule has 0 fully saturated rings. The van der Waals surface area contributed by atoms with E-state index in [0.717, 1.165) is 18.2 Å². The summed E-state index contributed by atoms with van der Waals surface area (Å²) in [7, 11) is 0. The Hall–Kier alpha value is -1.87. The number of rotatable bonds is 5. The Kier molecular flexibility index (Phi) is 4.90. The molecule has 20 heavy (non-hydrogen) atoms. The Bertz CT molecular complexity index is 489. The average molecular weight is 295 g/mol. The molecule has 112 valence electrons. The largest absolute Gasteiger partial charge is 0.490 e. The zero-order valence-corrected chi connectivity index (χ0v) is 10.3. The lowest BCUT2D eigenvalue weighted by atomic mass is 10.1. The topological polar surface area (TPSA) is 92.8 Å². The number of halogens is 3. The number of aliphatic hydroxyl groups excluding tert-OH is 2. The number of hydrogen-bond acceptors (Lipinski definition) is 5. The first-order valence-electron chi connectivity index (χ1n) is 5.47. The predicted molar refractivity (Wildman–Crippen MR) is 61.3 cm³/mol. The van der Waals surface area contributed by atoms with Crippen molar-refractivity contribution in [3.63, 3.8) is 0 Å². The van der Waals surface area contributed by atoms with Crippen molar-refractivity contribution in [3.8, 4) is 5.75 Å². The van der Waals surface area contributed by atoms with E-state index in [1.54, 1.807) is 0 Å². The van der Waals surface area contributed by atoms with E-state index >= 15 is 0 Å². The molecule has 0 radical (unpaired) electrons. The molecule has 1 aromatic carbocycles. The quantitative estimate of drug-likeness (QED) is 0.639. The first kappa shape index (κ1) is 16.2.